The van der Waals surface area contributed by atoms with Gasteiger partial charge < -0.3 is 9.72 Å². The van der Waals surface area contributed by atoms with E-state index < -0.39 is 0 Å². The Bertz CT molecular complexity index is 785. The number of piperidine rings is 1. The molecule has 23 heavy (non-hydrogen) atoms. The van der Waals surface area contributed by atoms with Gasteiger partial charge in [-0.3, -0.25) is 9.58 Å². The number of ether oxygens (including phenoxy) is 1. The van der Waals surface area contributed by atoms with Crippen LogP contribution in [0.3, 0.4) is 0 Å². The summed E-state index contributed by atoms with van der Waals surface area (Å²) in [6.07, 6.45) is 6.31. The molecular weight excluding hydrogens is 290 g/mol. The maximum atomic E-state index is 6.25. The Labute approximate surface area is 135 Å². The Hall–Kier alpha value is -2.34. The maximum absolute atomic E-state index is 6.25. The monoisotopic (exact) mass is 311 g/mol. The van der Waals surface area contributed by atoms with Crippen molar-refractivity contribution in [2.24, 2.45) is 7.05 Å². The Kier molecular flexibility index (Phi) is 3.75. The number of hydrogen-bond acceptors (Lipinski definition) is 4. The van der Waals surface area contributed by atoms with E-state index in [-0.39, 0.29) is 6.10 Å². The average molecular weight is 311 g/mol. The number of H-pyrrole nitrogens is 1. The molecule has 1 aliphatic rings. The molecule has 1 saturated heterocycles. The van der Waals surface area contributed by atoms with Crippen LogP contribution < -0.4 is 4.74 Å². The van der Waals surface area contributed by atoms with Crippen LogP contribution in [0.2, 0.25) is 0 Å². The number of nitrogens with one attached hydrogen (secondary N) is 1. The van der Waals surface area contributed by atoms with Crippen molar-refractivity contribution in [2.45, 2.75) is 25.5 Å². The predicted octanol–water partition coefficient (Wildman–Crippen LogP) is 2.34. The molecule has 6 heteroatoms. The molecule has 0 amide bonds. The number of benzene rings is 1. The summed E-state index contributed by atoms with van der Waals surface area (Å²) in [6, 6.07) is 8.25. The zero-order valence-corrected chi connectivity index (χ0v) is 13.3. The second-order valence-electron chi connectivity index (χ2n) is 6.17. The molecule has 4 rings (SSSR count). The zero-order valence-electron chi connectivity index (χ0n) is 13.3. The van der Waals surface area contributed by atoms with E-state index in [4.69, 9.17) is 4.74 Å². The molecule has 120 valence electrons. The van der Waals surface area contributed by atoms with E-state index >= 15 is 0 Å². The maximum Gasteiger partial charge on any atom is 0.129 e. The minimum Gasteiger partial charge on any atom is -0.490 e. The van der Waals surface area contributed by atoms with Crippen LogP contribution in [0.4, 0.5) is 0 Å². The summed E-state index contributed by atoms with van der Waals surface area (Å²) in [5.41, 5.74) is 2.16. The number of nitrogens with zero attached hydrogens (tertiary/aromatic N) is 4. The molecule has 0 radical (unpaired) electrons. The van der Waals surface area contributed by atoms with Crippen molar-refractivity contribution in [3.8, 4) is 5.75 Å². The highest BCUT2D eigenvalue weighted by Crippen LogP contribution is 2.27. The number of hydrogen-bond donors (Lipinski definition) is 1. The molecule has 0 aliphatic carbocycles. The Morgan fingerprint density at radius 2 is 2.13 bits per heavy atom. The molecule has 0 saturated carbocycles. The summed E-state index contributed by atoms with van der Waals surface area (Å²) >= 11 is 0. The van der Waals surface area contributed by atoms with Crippen molar-refractivity contribution in [2.75, 3.05) is 13.1 Å². The zero-order chi connectivity index (χ0) is 15.6. The fraction of sp³-hybridized carbons (Fsp3) is 0.412. The second-order valence-corrected chi connectivity index (χ2v) is 6.17. The van der Waals surface area contributed by atoms with Gasteiger partial charge in [0.1, 0.15) is 11.9 Å². The molecule has 0 unspecified atom stereocenters. The highest BCUT2D eigenvalue weighted by Gasteiger charge is 2.21. The first kappa shape index (κ1) is 14.3. The third-order valence-electron chi connectivity index (χ3n) is 4.42. The van der Waals surface area contributed by atoms with Crippen LogP contribution >= 0.6 is 0 Å². The summed E-state index contributed by atoms with van der Waals surface area (Å²) in [5.74, 6) is 0.983. The molecule has 3 heterocycles. The van der Waals surface area contributed by atoms with Crippen molar-refractivity contribution in [1.29, 1.82) is 0 Å². The van der Waals surface area contributed by atoms with E-state index in [9.17, 15) is 0 Å². The van der Waals surface area contributed by atoms with Gasteiger partial charge in [0, 0.05) is 50.0 Å². The van der Waals surface area contributed by atoms with Crippen molar-refractivity contribution in [3.63, 3.8) is 0 Å². The molecule has 3 aromatic rings. The van der Waals surface area contributed by atoms with Crippen LogP contribution in [0.5, 0.6) is 5.75 Å². The lowest BCUT2D eigenvalue weighted by molar-refractivity contribution is 0.0973. The third kappa shape index (κ3) is 3.07. The minimum absolute atomic E-state index is 0.286. The smallest absolute Gasteiger partial charge is 0.129 e. The molecule has 0 bridgehead atoms. The first-order valence-corrected chi connectivity index (χ1v) is 8.08. The Morgan fingerprint density at radius 1 is 1.26 bits per heavy atom. The van der Waals surface area contributed by atoms with Gasteiger partial charge in [-0.25, -0.2) is 0 Å². The Balaban J connectivity index is 1.35. The van der Waals surface area contributed by atoms with Gasteiger partial charge in [-0.2, -0.15) is 0 Å². The number of rotatable bonds is 4. The van der Waals surface area contributed by atoms with E-state index in [1.165, 1.54) is 0 Å². The predicted molar refractivity (Wildman–Crippen MR) is 88.2 cm³/mol. The molecular formula is C17H21N5O. The van der Waals surface area contributed by atoms with Gasteiger partial charge in [0.15, 0.2) is 0 Å². The molecule has 6 nitrogen and oxygen atoms in total. The summed E-state index contributed by atoms with van der Waals surface area (Å²) < 4.78 is 8.00. The first-order valence-electron chi connectivity index (χ1n) is 8.08. The summed E-state index contributed by atoms with van der Waals surface area (Å²) in [4.78, 5) is 5.65. The SMILES string of the molecule is Cn1cc(CN2CCC(Oc3cccc4[nH]ccc34)CC2)nn1. The first-order chi connectivity index (χ1) is 11.3. The van der Waals surface area contributed by atoms with Crippen LogP contribution in [-0.4, -0.2) is 44.1 Å². The van der Waals surface area contributed by atoms with Gasteiger partial charge in [0.2, 0.25) is 0 Å². The molecule has 2 aromatic heterocycles. The van der Waals surface area contributed by atoms with Crippen LogP contribution in [0.1, 0.15) is 18.5 Å². The van der Waals surface area contributed by atoms with Crippen molar-refractivity contribution in [3.05, 3.63) is 42.4 Å². The van der Waals surface area contributed by atoms with Gasteiger partial charge in [-0.1, -0.05) is 11.3 Å². The van der Waals surface area contributed by atoms with Crippen molar-refractivity contribution >= 4 is 10.9 Å². The molecule has 1 aromatic carbocycles. The fourth-order valence-corrected chi connectivity index (χ4v) is 3.22. The summed E-state index contributed by atoms with van der Waals surface area (Å²) in [7, 11) is 1.90. The van der Waals surface area contributed by atoms with E-state index in [0.29, 0.717) is 0 Å². The lowest BCUT2D eigenvalue weighted by Gasteiger charge is -2.31. The topological polar surface area (TPSA) is 59.0 Å². The lowest BCUT2D eigenvalue weighted by Crippen LogP contribution is -2.37. The van der Waals surface area contributed by atoms with Crippen LogP contribution in [0.15, 0.2) is 36.7 Å². The molecule has 1 fully saturated rings. The van der Waals surface area contributed by atoms with E-state index in [1.54, 1.807) is 4.68 Å². The number of aromatic nitrogens is 4. The molecule has 0 spiro atoms. The van der Waals surface area contributed by atoms with Gasteiger partial charge in [0.05, 0.1) is 5.69 Å². The van der Waals surface area contributed by atoms with Crippen LogP contribution in [-0.2, 0) is 13.6 Å². The third-order valence-corrected chi connectivity index (χ3v) is 4.42. The second kappa shape index (κ2) is 6.04. The number of likely N-dealkylation sites (tertiary alicyclic amines) is 1. The normalized spacial score (nSPS) is 16.9. The van der Waals surface area contributed by atoms with E-state index in [1.807, 2.05) is 25.5 Å². The molecule has 1 N–H and O–H groups in total. The number of aromatic amines is 1. The number of aryl methyl sites for hydroxylation is 1. The van der Waals surface area contributed by atoms with Crippen LogP contribution in [0, 0.1) is 0 Å². The molecule has 1 aliphatic heterocycles. The highest BCUT2D eigenvalue weighted by molar-refractivity contribution is 5.85. The quantitative estimate of drug-likeness (QED) is 0.803. The van der Waals surface area contributed by atoms with E-state index in [0.717, 1.165) is 54.8 Å². The van der Waals surface area contributed by atoms with Gasteiger partial charge >= 0.3 is 0 Å². The fourth-order valence-electron chi connectivity index (χ4n) is 3.22. The van der Waals surface area contributed by atoms with Gasteiger partial charge in [0.25, 0.3) is 0 Å². The average Bonchev–Trinajstić information content (AvgIpc) is 3.19. The van der Waals surface area contributed by atoms with Crippen molar-refractivity contribution < 1.29 is 4.74 Å². The standard InChI is InChI=1S/C17H21N5O/c1-21-11-13(19-20-21)12-22-9-6-14(7-10-22)23-17-4-2-3-16-15(17)5-8-18-16/h2-5,8,11,14,18H,6-7,9-10,12H2,1H3. The highest BCUT2D eigenvalue weighted by atomic mass is 16.5. The largest absolute Gasteiger partial charge is 0.490 e. The summed E-state index contributed by atoms with van der Waals surface area (Å²) in [6.45, 7) is 2.93. The molecule has 0 atom stereocenters. The minimum atomic E-state index is 0.286. The van der Waals surface area contributed by atoms with Crippen molar-refractivity contribution in [1.82, 2.24) is 24.9 Å². The Morgan fingerprint density at radius 3 is 2.91 bits per heavy atom. The lowest BCUT2D eigenvalue weighted by atomic mass is 10.1. The van der Waals surface area contributed by atoms with Gasteiger partial charge in [-0.05, 0) is 31.0 Å². The number of fused-ring (bicyclic) bond motifs is 1. The van der Waals surface area contributed by atoms with Crippen LogP contribution in [0.25, 0.3) is 10.9 Å². The van der Waals surface area contributed by atoms with E-state index in [2.05, 4.69) is 38.4 Å². The van der Waals surface area contributed by atoms with Gasteiger partial charge in [-0.15, -0.1) is 5.10 Å². The summed E-state index contributed by atoms with van der Waals surface area (Å²) in [5, 5.41) is 9.31.